The topological polar surface area (TPSA) is 128 Å². The van der Waals surface area contributed by atoms with Crippen LogP contribution >= 0.6 is 34.5 Å². The number of halogens is 2. The molecule has 3 aromatic rings. The number of nitrogens with two attached hydrogens (primary N) is 1. The second kappa shape index (κ2) is 7.25. The summed E-state index contributed by atoms with van der Waals surface area (Å²) in [6, 6.07) is 7.46. The van der Waals surface area contributed by atoms with Crippen LogP contribution in [0.15, 0.2) is 41.6 Å². The molecule has 12 heteroatoms. The molecule has 0 aliphatic rings. The zero-order valence-corrected chi connectivity index (χ0v) is 15.8. The van der Waals surface area contributed by atoms with Crippen LogP contribution in [0.25, 0.3) is 10.6 Å². The van der Waals surface area contributed by atoms with Crippen molar-refractivity contribution >= 4 is 55.6 Å². The standard InChI is InChI=1S/C14H9Cl2N5O3S2/c15-8-2-1-3-9(16)11(8)13-20-21-14(25-13)19-12(22)7-4-5-10(18-6-7)26(17,23)24/h1-6H,(H2,17,23,24)(H,19,21,22). The van der Waals surface area contributed by atoms with Crippen molar-refractivity contribution in [3.8, 4) is 10.6 Å². The minimum atomic E-state index is -3.93. The fraction of sp³-hybridized carbons (Fsp3) is 0. The van der Waals surface area contributed by atoms with Crippen molar-refractivity contribution in [1.29, 1.82) is 0 Å². The second-order valence-corrected chi connectivity index (χ2v) is 8.19. The van der Waals surface area contributed by atoms with Crippen LogP contribution in [0.2, 0.25) is 10.0 Å². The van der Waals surface area contributed by atoms with Gasteiger partial charge in [-0.15, -0.1) is 10.2 Å². The Bertz CT molecular complexity index is 1060. The lowest BCUT2D eigenvalue weighted by atomic mass is 10.2. The molecule has 3 N–H and O–H groups in total. The minimum Gasteiger partial charge on any atom is -0.296 e. The van der Waals surface area contributed by atoms with E-state index < -0.39 is 15.9 Å². The maximum absolute atomic E-state index is 12.2. The van der Waals surface area contributed by atoms with E-state index in [9.17, 15) is 13.2 Å². The summed E-state index contributed by atoms with van der Waals surface area (Å²) in [5, 5.41) is 16.5. The number of aromatic nitrogens is 3. The van der Waals surface area contributed by atoms with E-state index in [2.05, 4.69) is 20.5 Å². The summed E-state index contributed by atoms with van der Waals surface area (Å²) in [6.07, 6.45) is 1.10. The Morgan fingerprint density at radius 3 is 2.38 bits per heavy atom. The first-order chi connectivity index (χ1) is 12.3. The molecule has 1 aromatic carbocycles. The first-order valence-corrected chi connectivity index (χ1v) is 9.95. The van der Waals surface area contributed by atoms with E-state index in [1.54, 1.807) is 18.2 Å². The number of sulfonamides is 1. The third kappa shape index (κ3) is 4.00. The molecule has 0 saturated carbocycles. The van der Waals surface area contributed by atoms with Crippen LogP contribution in [0.5, 0.6) is 0 Å². The van der Waals surface area contributed by atoms with Crippen LogP contribution in [0.4, 0.5) is 5.13 Å². The molecular weight excluding hydrogens is 421 g/mol. The molecule has 26 heavy (non-hydrogen) atoms. The zero-order chi connectivity index (χ0) is 18.9. The van der Waals surface area contributed by atoms with Gasteiger partial charge in [0, 0.05) is 11.8 Å². The van der Waals surface area contributed by atoms with E-state index in [4.69, 9.17) is 28.3 Å². The summed E-state index contributed by atoms with van der Waals surface area (Å²) in [5.41, 5.74) is 0.651. The Balaban J connectivity index is 1.80. The summed E-state index contributed by atoms with van der Waals surface area (Å²) in [4.78, 5) is 15.9. The maximum atomic E-state index is 12.2. The molecule has 0 aliphatic heterocycles. The van der Waals surface area contributed by atoms with Gasteiger partial charge in [0.1, 0.15) is 0 Å². The van der Waals surface area contributed by atoms with Gasteiger partial charge in [0.25, 0.3) is 15.9 Å². The van der Waals surface area contributed by atoms with Crippen molar-refractivity contribution in [1.82, 2.24) is 15.2 Å². The summed E-state index contributed by atoms with van der Waals surface area (Å²) in [7, 11) is -3.93. The Kier molecular flexibility index (Phi) is 5.21. The highest BCUT2D eigenvalue weighted by molar-refractivity contribution is 7.89. The maximum Gasteiger partial charge on any atom is 0.259 e. The molecule has 0 fully saturated rings. The van der Waals surface area contributed by atoms with Crippen LogP contribution in [0.3, 0.4) is 0 Å². The monoisotopic (exact) mass is 429 g/mol. The van der Waals surface area contributed by atoms with Crippen molar-refractivity contribution in [2.24, 2.45) is 5.14 Å². The van der Waals surface area contributed by atoms with Crippen molar-refractivity contribution in [2.75, 3.05) is 5.32 Å². The van der Waals surface area contributed by atoms with E-state index in [0.29, 0.717) is 20.6 Å². The molecule has 0 spiro atoms. The van der Waals surface area contributed by atoms with E-state index in [1.165, 1.54) is 6.07 Å². The van der Waals surface area contributed by atoms with Crippen LogP contribution in [-0.4, -0.2) is 29.5 Å². The summed E-state index contributed by atoms with van der Waals surface area (Å²) in [5.74, 6) is -0.536. The summed E-state index contributed by atoms with van der Waals surface area (Å²) in [6.45, 7) is 0. The highest BCUT2D eigenvalue weighted by atomic mass is 35.5. The highest BCUT2D eigenvalue weighted by Crippen LogP contribution is 2.37. The fourth-order valence-corrected chi connectivity index (χ4v) is 3.89. The van der Waals surface area contributed by atoms with Crippen molar-refractivity contribution in [3.63, 3.8) is 0 Å². The van der Waals surface area contributed by atoms with Crippen LogP contribution in [-0.2, 0) is 10.0 Å². The Morgan fingerprint density at radius 2 is 1.81 bits per heavy atom. The van der Waals surface area contributed by atoms with Crippen molar-refractivity contribution in [2.45, 2.75) is 5.03 Å². The number of amides is 1. The number of hydrogen-bond acceptors (Lipinski definition) is 7. The first-order valence-electron chi connectivity index (χ1n) is 6.84. The van der Waals surface area contributed by atoms with Crippen LogP contribution in [0, 0.1) is 0 Å². The van der Waals surface area contributed by atoms with E-state index >= 15 is 0 Å². The fourth-order valence-electron chi connectivity index (χ4n) is 1.93. The average Bonchev–Trinajstić information content (AvgIpc) is 3.02. The molecule has 0 unspecified atom stereocenters. The van der Waals surface area contributed by atoms with Gasteiger partial charge in [-0.05, 0) is 24.3 Å². The van der Waals surface area contributed by atoms with Gasteiger partial charge >= 0.3 is 0 Å². The number of primary sulfonamides is 1. The number of hydrogen-bond donors (Lipinski definition) is 2. The zero-order valence-electron chi connectivity index (χ0n) is 12.7. The van der Waals surface area contributed by atoms with Gasteiger partial charge in [0.15, 0.2) is 10.0 Å². The molecule has 0 radical (unpaired) electrons. The van der Waals surface area contributed by atoms with Gasteiger partial charge in [0.05, 0.1) is 15.6 Å². The predicted octanol–water partition coefficient (Wildman–Crippen LogP) is 2.81. The normalized spacial score (nSPS) is 11.3. The van der Waals surface area contributed by atoms with E-state index in [-0.39, 0.29) is 15.7 Å². The number of carbonyl (C=O) groups excluding carboxylic acids is 1. The number of anilines is 1. The first kappa shape index (κ1) is 18.7. The molecule has 0 atom stereocenters. The molecule has 1 amide bonds. The van der Waals surface area contributed by atoms with Gasteiger partial charge in [-0.1, -0.05) is 40.6 Å². The van der Waals surface area contributed by atoms with Gasteiger partial charge in [-0.25, -0.2) is 18.5 Å². The van der Waals surface area contributed by atoms with E-state index in [1.807, 2.05) is 0 Å². The largest absolute Gasteiger partial charge is 0.296 e. The molecule has 0 bridgehead atoms. The number of benzene rings is 1. The van der Waals surface area contributed by atoms with Crippen LogP contribution in [0.1, 0.15) is 10.4 Å². The van der Waals surface area contributed by atoms with Gasteiger partial charge in [0.2, 0.25) is 5.13 Å². The summed E-state index contributed by atoms with van der Waals surface area (Å²) < 4.78 is 22.3. The third-order valence-electron chi connectivity index (χ3n) is 3.11. The molecule has 134 valence electrons. The average molecular weight is 430 g/mol. The third-order valence-corrected chi connectivity index (χ3v) is 5.42. The van der Waals surface area contributed by atoms with Crippen molar-refractivity contribution < 1.29 is 13.2 Å². The molecule has 2 heterocycles. The van der Waals surface area contributed by atoms with Gasteiger partial charge in [-0.3, -0.25) is 10.1 Å². The number of carbonyl (C=O) groups is 1. The summed E-state index contributed by atoms with van der Waals surface area (Å²) >= 11 is 13.3. The highest BCUT2D eigenvalue weighted by Gasteiger charge is 2.16. The number of nitrogens with zero attached hydrogens (tertiary/aromatic N) is 3. The molecule has 3 rings (SSSR count). The molecule has 0 saturated heterocycles. The Hall–Kier alpha value is -2.11. The molecule has 2 aromatic heterocycles. The lowest BCUT2D eigenvalue weighted by molar-refractivity contribution is 0.102. The number of rotatable bonds is 4. The SMILES string of the molecule is NS(=O)(=O)c1ccc(C(=O)Nc2nnc(-c3c(Cl)cccc3Cl)s2)cn1. The Morgan fingerprint density at radius 1 is 1.12 bits per heavy atom. The lowest BCUT2D eigenvalue weighted by Gasteiger charge is -2.02. The van der Waals surface area contributed by atoms with Gasteiger partial charge in [-0.2, -0.15) is 0 Å². The van der Waals surface area contributed by atoms with Crippen molar-refractivity contribution in [3.05, 3.63) is 52.1 Å². The predicted molar refractivity (Wildman–Crippen MR) is 98.9 cm³/mol. The van der Waals surface area contributed by atoms with Gasteiger partial charge < -0.3 is 0 Å². The molecule has 8 nitrogen and oxygen atoms in total. The quantitative estimate of drug-likeness (QED) is 0.655. The van der Waals surface area contributed by atoms with E-state index in [0.717, 1.165) is 23.6 Å². The molecule has 0 aliphatic carbocycles. The number of nitrogens with one attached hydrogen (secondary N) is 1. The second-order valence-electron chi connectivity index (χ2n) is 4.89. The smallest absolute Gasteiger partial charge is 0.259 e. The number of pyridine rings is 1. The Labute approximate surface area is 162 Å². The molecular formula is C14H9Cl2N5O3S2. The minimum absolute atomic E-state index is 0.130. The van der Waals surface area contributed by atoms with Crippen LogP contribution < -0.4 is 10.5 Å². The lowest BCUT2D eigenvalue weighted by Crippen LogP contribution is -2.16.